The molecule has 0 saturated carbocycles. The van der Waals surface area contributed by atoms with Gasteiger partial charge < -0.3 is 5.32 Å². The van der Waals surface area contributed by atoms with Crippen molar-refractivity contribution in [3.63, 3.8) is 0 Å². The first kappa shape index (κ1) is 18.2. The van der Waals surface area contributed by atoms with E-state index in [1.165, 1.54) is 4.90 Å². The highest BCUT2D eigenvalue weighted by Crippen LogP contribution is 2.40. The van der Waals surface area contributed by atoms with E-state index in [0.717, 1.165) is 5.56 Å². The molecule has 2 aromatic rings. The Labute approximate surface area is 164 Å². The van der Waals surface area contributed by atoms with Crippen molar-refractivity contribution in [2.45, 2.75) is 19.9 Å². The third kappa shape index (κ3) is 3.24. The van der Waals surface area contributed by atoms with Crippen LogP contribution in [0.2, 0.25) is 0 Å². The largest absolute Gasteiger partial charge is 0.348 e. The highest BCUT2D eigenvalue weighted by Gasteiger charge is 2.50. The summed E-state index contributed by atoms with van der Waals surface area (Å²) in [6, 6.07) is 16.4. The summed E-state index contributed by atoms with van der Waals surface area (Å²) in [5.41, 5.74) is 1.89. The molecule has 5 nitrogen and oxygen atoms in total. The molecule has 1 fully saturated rings. The number of allylic oxidation sites excluding steroid dienone is 2. The van der Waals surface area contributed by atoms with Crippen LogP contribution in [-0.4, -0.2) is 17.7 Å². The van der Waals surface area contributed by atoms with Gasteiger partial charge in [0.2, 0.25) is 11.8 Å². The highest BCUT2D eigenvalue weighted by atomic mass is 16.2. The van der Waals surface area contributed by atoms with Crippen molar-refractivity contribution in [2.24, 2.45) is 17.8 Å². The fraction of sp³-hybridized carbons (Fsp3) is 0.261. The Morgan fingerprint density at radius 1 is 1.07 bits per heavy atom. The molecule has 142 valence electrons. The zero-order valence-electron chi connectivity index (χ0n) is 15.7. The summed E-state index contributed by atoms with van der Waals surface area (Å²) < 4.78 is 0. The maximum Gasteiger partial charge on any atom is 0.251 e. The first-order valence-corrected chi connectivity index (χ1v) is 9.53. The number of benzene rings is 2. The quantitative estimate of drug-likeness (QED) is 0.659. The summed E-state index contributed by atoms with van der Waals surface area (Å²) >= 11 is 0. The van der Waals surface area contributed by atoms with Crippen LogP contribution in [0.15, 0.2) is 66.7 Å². The first-order chi connectivity index (χ1) is 13.6. The van der Waals surface area contributed by atoms with Gasteiger partial charge in [-0.15, -0.1) is 0 Å². The lowest BCUT2D eigenvalue weighted by molar-refractivity contribution is -0.122. The average molecular weight is 374 g/mol. The number of hydrogen-bond donors (Lipinski definition) is 1. The summed E-state index contributed by atoms with van der Waals surface area (Å²) in [5, 5.41) is 2.88. The Morgan fingerprint density at radius 2 is 1.86 bits per heavy atom. The fourth-order valence-corrected chi connectivity index (χ4v) is 4.07. The van der Waals surface area contributed by atoms with Gasteiger partial charge in [-0.25, -0.2) is 0 Å². The van der Waals surface area contributed by atoms with E-state index in [1.807, 2.05) is 49.4 Å². The zero-order chi connectivity index (χ0) is 19.7. The van der Waals surface area contributed by atoms with Crippen molar-refractivity contribution in [1.29, 1.82) is 0 Å². The number of amides is 3. The Hall–Kier alpha value is -3.21. The van der Waals surface area contributed by atoms with Crippen LogP contribution in [0.25, 0.3) is 0 Å². The molecule has 5 heteroatoms. The van der Waals surface area contributed by atoms with Gasteiger partial charge in [-0.05, 0) is 36.1 Å². The summed E-state index contributed by atoms with van der Waals surface area (Å²) in [5.74, 6) is -1.16. The number of fused-ring (bicyclic) bond motifs is 1. The average Bonchev–Trinajstić information content (AvgIpc) is 2.98. The van der Waals surface area contributed by atoms with E-state index in [2.05, 4.69) is 5.32 Å². The molecule has 0 radical (unpaired) electrons. The zero-order valence-corrected chi connectivity index (χ0v) is 15.7. The number of carbonyl (C=O) groups excluding carboxylic acids is 3. The number of hydrogen-bond acceptors (Lipinski definition) is 3. The molecule has 3 atom stereocenters. The molecular formula is C23H22N2O3. The van der Waals surface area contributed by atoms with Crippen molar-refractivity contribution >= 4 is 23.4 Å². The summed E-state index contributed by atoms with van der Waals surface area (Å²) in [6.45, 7) is 2.38. The van der Waals surface area contributed by atoms with E-state index in [-0.39, 0.29) is 35.5 Å². The lowest BCUT2D eigenvalue weighted by Gasteiger charge is -2.22. The second kappa shape index (κ2) is 7.43. The van der Waals surface area contributed by atoms with Crippen LogP contribution < -0.4 is 10.2 Å². The molecule has 0 spiro atoms. The van der Waals surface area contributed by atoms with Crippen LogP contribution >= 0.6 is 0 Å². The molecule has 1 saturated heterocycles. The van der Waals surface area contributed by atoms with Crippen LogP contribution in [-0.2, 0) is 16.1 Å². The van der Waals surface area contributed by atoms with Gasteiger partial charge in [0, 0.05) is 12.1 Å². The highest BCUT2D eigenvalue weighted by molar-refractivity contribution is 6.22. The molecule has 1 heterocycles. The van der Waals surface area contributed by atoms with E-state index in [9.17, 15) is 14.4 Å². The molecule has 1 aliphatic heterocycles. The SMILES string of the molecule is C[C@@H]1C=CC[C@@H]2C(=O)N(c3cccc(C(=O)NCc4ccccc4)c3)C(=O)[C@H]12. The lowest BCUT2D eigenvalue weighted by Crippen LogP contribution is -2.32. The standard InChI is InChI=1S/C23H22N2O3/c1-15-7-5-12-19-20(15)23(28)25(22(19)27)18-11-6-10-17(13-18)21(26)24-14-16-8-3-2-4-9-16/h2-11,13,15,19-20H,12,14H2,1H3,(H,24,26)/t15-,19+,20-/m1/s1. The van der Waals surface area contributed by atoms with Gasteiger partial charge in [0.15, 0.2) is 0 Å². The summed E-state index contributed by atoms with van der Waals surface area (Å²) in [4.78, 5) is 39.6. The Bertz CT molecular complexity index is 951. The molecule has 3 amide bonds. The minimum absolute atomic E-state index is 0.0394. The summed E-state index contributed by atoms with van der Waals surface area (Å²) in [6.07, 6.45) is 4.57. The maximum atomic E-state index is 12.9. The third-order valence-electron chi connectivity index (χ3n) is 5.54. The van der Waals surface area contributed by atoms with E-state index in [1.54, 1.807) is 24.3 Å². The van der Waals surface area contributed by atoms with Crippen molar-refractivity contribution in [3.8, 4) is 0 Å². The molecule has 2 aromatic carbocycles. The number of rotatable bonds is 4. The van der Waals surface area contributed by atoms with E-state index in [4.69, 9.17) is 0 Å². The predicted octanol–water partition coefficient (Wildman–Crippen LogP) is 3.32. The molecule has 0 aromatic heterocycles. The van der Waals surface area contributed by atoms with Gasteiger partial charge >= 0.3 is 0 Å². The second-order valence-electron chi connectivity index (χ2n) is 7.39. The van der Waals surface area contributed by atoms with Crippen LogP contribution in [0.5, 0.6) is 0 Å². The van der Waals surface area contributed by atoms with Gasteiger partial charge in [-0.1, -0.05) is 55.5 Å². The van der Waals surface area contributed by atoms with Crippen molar-refractivity contribution in [2.75, 3.05) is 4.90 Å². The molecule has 4 rings (SSSR count). The molecule has 1 aliphatic carbocycles. The minimum Gasteiger partial charge on any atom is -0.348 e. The van der Waals surface area contributed by atoms with Gasteiger partial charge in [0.1, 0.15) is 0 Å². The molecule has 0 bridgehead atoms. The monoisotopic (exact) mass is 374 g/mol. The van der Waals surface area contributed by atoms with E-state index >= 15 is 0 Å². The number of carbonyl (C=O) groups is 3. The van der Waals surface area contributed by atoms with Crippen LogP contribution in [0, 0.1) is 17.8 Å². The van der Waals surface area contributed by atoms with E-state index in [0.29, 0.717) is 24.2 Å². The normalized spacial score (nSPS) is 23.6. The van der Waals surface area contributed by atoms with Crippen LogP contribution in [0.1, 0.15) is 29.3 Å². The lowest BCUT2D eigenvalue weighted by atomic mass is 9.78. The first-order valence-electron chi connectivity index (χ1n) is 9.53. The predicted molar refractivity (Wildman–Crippen MR) is 106 cm³/mol. The topological polar surface area (TPSA) is 66.5 Å². The van der Waals surface area contributed by atoms with Crippen molar-refractivity contribution in [1.82, 2.24) is 5.32 Å². The second-order valence-corrected chi connectivity index (χ2v) is 7.39. The van der Waals surface area contributed by atoms with Crippen molar-refractivity contribution in [3.05, 3.63) is 77.9 Å². The molecule has 1 N–H and O–H groups in total. The Balaban J connectivity index is 1.53. The minimum atomic E-state index is -0.312. The maximum absolute atomic E-state index is 12.9. The molecule has 0 unspecified atom stereocenters. The third-order valence-corrected chi connectivity index (χ3v) is 5.54. The van der Waals surface area contributed by atoms with Crippen LogP contribution in [0.3, 0.4) is 0 Å². The number of anilines is 1. The van der Waals surface area contributed by atoms with Crippen LogP contribution in [0.4, 0.5) is 5.69 Å². The smallest absolute Gasteiger partial charge is 0.251 e. The van der Waals surface area contributed by atoms with Gasteiger partial charge in [0.05, 0.1) is 17.5 Å². The Morgan fingerprint density at radius 3 is 2.61 bits per heavy atom. The van der Waals surface area contributed by atoms with E-state index < -0.39 is 0 Å². The fourth-order valence-electron chi connectivity index (χ4n) is 4.07. The number of nitrogens with one attached hydrogen (secondary N) is 1. The molecule has 28 heavy (non-hydrogen) atoms. The molecular weight excluding hydrogens is 352 g/mol. The number of nitrogens with zero attached hydrogens (tertiary/aromatic N) is 1. The van der Waals surface area contributed by atoms with Gasteiger partial charge in [0.25, 0.3) is 5.91 Å². The van der Waals surface area contributed by atoms with Gasteiger partial charge in [-0.3, -0.25) is 19.3 Å². The summed E-state index contributed by atoms with van der Waals surface area (Å²) in [7, 11) is 0. The van der Waals surface area contributed by atoms with Gasteiger partial charge in [-0.2, -0.15) is 0 Å². The molecule has 2 aliphatic rings. The van der Waals surface area contributed by atoms with Crippen molar-refractivity contribution < 1.29 is 14.4 Å². The number of imide groups is 1. The Kier molecular flexibility index (Phi) is 4.82.